The lowest BCUT2D eigenvalue weighted by Crippen LogP contribution is -2.19. The molecule has 6 nitrogen and oxygen atoms in total. The molecule has 1 aromatic rings. The fourth-order valence-corrected chi connectivity index (χ4v) is 2.06. The Kier molecular flexibility index (Phi) is 4.30. The molecule has 0 saturated carbocycles. The number of nitrogens with one attached hydrogen (secondary N) is 2. The molecule has 1 saturated heterocycles. The van der Waals surface area contributed by atoms with Gasteiger partial charge in [-0.15, -0.1) is 5.10 Å². The van der Waals surface area contributed by atoms with Crippen molar-refractivity contribution in [3.05, 3.63) is 35.4 Å². The number of carbonyl (C=O) groups is 2. The minimum Gasteiger partial charge on any atom is -0.355 e. The average molecular weight is 276 g/mol. The third-order valence-electron chi connectivity index (χ3n) is 2.32. The van der Waals surface area contributed by atoms with Gasteiger partial charge < -0.3 is 10.6 Å². The van der Waals surface area contributed by atoms with Gasteiger partial charge in [0.1, 0.15) is 0 Å². The number of benzene rings is 1. The number of amides is 2. The minimum atomic E-state index is -0.153. The highest BCUT2D eigenvalue weighted by Crippen LogP contribution is 2.09. The highest BCUT2D eigenvalue weighted by Gasteiger charge is 2.15. The average Bonchev–Trinajstić information content (AvgIpc) is 2.84. The van der Waals surface area contributed by atoms with Crippen LogP contribution in [0.2, 0.25) is 0 Å². The van der Waals surface area contributed by atoms with E-state index >= 15 is 0 Å². The minimum absolute atomic E-state index is 0.0689. The molecule has 7 heteroatoms. The van der Waals surface area contributed by atoms with Crippen molar-refractivity contribution in [1.82, 2.24) is 10.6 Å². The quantitative estimate of drug-likeness (QED) is 0.626. The summed E-state index contributed by atoms with van der Waals surface area (Å²) in [5.74, 6) is 0.154. The Balaban J connectivity index is 2.07. The topological polar surface area (TPSA) is 82.9 Å². The maximum atomic E-state index is 11.5. The zero-order valence-electron chi connectivity index (χ0n) is 10.2. The van der Waals surface area contributed by atoms with Crippen LogP contribution in [0.3, 0.4) is 0 Å². The van der Waals surface area contributed by atoms with Gasteiger partial charge in [0.25, 0.3) is 5.91 Å². The van der Waals surface area contributed by atoms with E-state index in [0.717, 1.165) is 5.56 Å². The van der Waals surface area contributed by atoms with Gasteiger partial charge >= 0.3 is 0 Å². The first-order valence-corrected chi connectivity index (χ1v) is 6.53. The molecule has 0 aromatic heterocycles. The molecule has 98 valence electrons. The van der Waals surface area contributed by atoms with E-state index in [1.165, 1.54) is 18.0 Å². The van der Waals surface area contributed by atoms with E-state index < -0.39 is 0 Å². The summed E-state index contributed by atoms with van der Waals surface area (Å²) >= 11 is 1.31. The van der Waals surface area contributed by atoms with Gasteiger partial charge in [-0.1, -0.05) is 23.9 Å². The van der Waals surface area contributed by atoms with Crippen LogP contribution in [0.15, 0.2) is 34.5 Å². The summed E-state index contributed by atoms with van der Waals surface area (Å²) in [5, 5.41) is 13.4. The van der Waals surface area contributed by atoms with Crippen LogP contribution in [0, 0.1) is 0 Å². The third-order valence-corrected chi connectivity index (χ3v) is 3.18. The third kappa shape index (κ3) is 3.65. The van der Waals surface area contributed by atoms with Gasteiger partial charge in [0.15, 0.2) is 5.17 Å². The molecule has 2 N–H and O–H groups in total. The second-order valence-electron chi connectivity index (χ2n) is 3.69. The van der Waals surface area contributed by atoms with E-state index in [1.54, 1.807) is 25.2 Å². The van der Waals surface area contributed by atoms with Crippen LogP contribution in [0.1, 0.15) is 15.9 Å². The van der Waals surface area contributed by atoms with Crippen molar-refractivity contribution in [2.75, 3.05) is 12.8 Å². The van der Waals surface area contributed by atoms with E-state index in [0.29, 0.717) is 16.5 Å². The highest BCUT2D eigenvalue weighted by molar-refractivity contribution is 8.15. The van der Waals surface area contributed by atoms with Crippen LogP contribution in [-0.2, 0) is 4.79 Å². The molecule has 2 rings (SSSR count). The standard InChI is InChI=1S/C12H12N4O2S/c1-13-11(18)9-4-2-3-8(5-9)6-14-16-12-15-10(17)7-19-12/h2-6H,7H2,1H3,(H,13,18)(H,15,16,17). The Morgan fingerprint density at radius 2 is 2.37 bits per heavy atom. The summed E-state index contributed by atoms with van der Waals surface area (Å²) in [4.78, 5) is 22.4. The number of hydrogen-bond acceptors (Lipinski definition) is 5. The largest absolute Gasteiger partial charge is 0.355 e. The van der Waals surface area contributed by atoms with Crippen LogP contribution in [0.4, 0.5) is 0 Å². The van der Waals surface area contributed by atoms with E-state index in [1.807, 2.05) is 6.07 Å². The van der Waals surface area contributed by atoms with E-state index in [4.69, 9.17) is 0 Å². The van der Waals surface area contributed by atoms with Gasteiger partial charge in [0.05, 0.1) is 12.0 Å². The van der Waals surface area contributed by atoms with Crippen molar-refractivity contribution in [1.29, 1.82) is 0 Å². The maximum Gasteiger partial charge on any atom is 0.251 e. The fraction of sp³-hybridized carbons (Fsp3) is 0.167. The smallest absolute Gasteiger partial charge is 0.251 e. The molecular formula is C12H12N4O2S. The predicted molar refractivity (Wildman–Crippen MR) is 75.5 cm³/mol. The first-order valence-electron chi connectivity index (χ1n) is 5.55. The maximum absolute atomic E-state index is 11.5. The molecule has 0 spiro atoms. The number of carbonyl (C=O) groups excluding carboxylic acids is 2. The van der Waals surface area contributed by atoms with Crippen LogP contribution in [0.25, 0.3) is 0 Å². The Morgan fingerprint density at radius 1 is 1.53 bits per heavy atom. The highest BCUT2D eigenvalue weighted by atomic mass is 32.2. The molecule has 1 fully saturated rings. The first-order chi connectivity index (χ1) is 9.19. The lowest BCUT2D eigenvalue weighted by Gasteiger charge is -1.99. The Bertz CT molecular complexity index is 569. The summed E-state index contributed by atoms with van der Waals surface area (Å²) in [7, 11) is 1.58. The molecule has 19 heavy (non-hydrogen) atoms. The van der Waals surface area contributed by atoms with Gasteiger partial charge in [-0.25, -0.2) is 0 Å². The fourth-order valence-electron chi connectivity index (χ4n) is 1.43. The molecule has 0 bridgehead atoms. The summed E-state index contributed by atoms with van der Waals surface area (Å²) < 4.78 is 0. The van der Waals surface area contributed by atoms with Crippen molar-refractivity contribution in [3.63, 3.8) is 0 Å². The summed E-state index contributed by atoms with van der Waals surface area (Å²) in [6.07, 6.45) is 1.53. The first kappa shape index (κ1) is 13.3. The van der Waals surface area contributed by atoms with Gasteiger partial charge in [-0.3, -0.25) is 9.59 Å². The SMILES string of the molecule is CNC(=O)c1cccc(C=NN=C2NC(=O)CS2)c1. The number of hydrogen-bond donors (Lipinski definition) is 2. The number of amidine groups is 1. The normalized spacial score (nSPS) is 16.9. The van der Waals surface area contributed by atoms with Gasteiger partial charge in [-0.05, 0) is 17.7 Å². The molecular weight excluding hydrogens is 264 g/mol. The molecule has 0 aliphatic carbocycles. The van der Waals surface area contributed by atoms with Crippen molar-refractivity contribution >= 4 is 35.0 Å². The van der Waals surface area contributed by atoms with E-state index in [2.05, 4.69) is 20.8 Å². The second kappa shape index (κ2) is 6.14. The van der Waals surface area contributed by atoms with Gasteiger partial charge in [0.2, 0.25) is 5.91 Å². The Hall–Kier alpha value is -2.15. The number of nitrogens with zero attached hydrogens (tertiary/aromatic N) is 2. The lowest BCUT2D eigenvalue weighted by molar-refractivity contribution is -0.116. The van der Waals surface area contributed by atoms with E-state index in [-0.39, 0.29) is 11.8 Å². The lowest BCUT2D eigenvalue weighted by atomic mass is 10.1. The van der Waals surface area contributed by atoms with Crippen LogP contribution in [-0.4, -0.2) is 36.0 Å². The monoisotopic (exact) mass is 276 g/mol. The molecule has 1 heterocycles. The zero-order chi connectivity index (χ0) is 13.7. The molecule has 1 aliphatic rings. The van der Waals surface area contributed by atoms with E-state index in [9.17, 15) is 9.59 Å². The van der Waals surface area contributed by atoms with Crippen molar-refractivity contribution in [2.45, 2.75) is 0 Å². The summed E-state index contributed by atoms with van der Waals surface area (Å²) in [5.41, 5.74) is 1.32. The Morgan fingerprint density at radius 3 is 3.05 bits per heavy atom. The molecule has 0 unspecified atom stereocenters. The summed E-state index contributed by atoms with van der Waals surface area (Å²) in [6.45, 7) is 0. The van der Waals surface area contributed by atoms with Crippen LogP contribution < -0.4 is 10.6 Å². The molecule has 0 atom stereocenters. The molecule has 1 aliphatic heterocycles. The van der Waals surface area contributed by atoms with Crippen molar-refractivity contribution in [2.24, 2.45) is 10.2 Å². The molecule has 1 aromatic carbocycles. The van der Waals surface area contributed by atoms with Crippen LogP contribution >= 0.6 is 11.8 Å². The predicted octanol–water partition coefficient (Wildman–Crippen LogP) is 0.599. The van der Waals surface area contributed by atoms with Crippen LogP contribution in [0.5, 0.6) is 0 Å². The second-order valence-corrected chi connectivity index (χ2v) is 4.66. The molecule has 2 amide bonds. The van der Waals surface area contributed by atoms with Gasteiger partial charge in [0, 0.05) is 12.6 Å². The van der Waals surface area contributed by atoms with Crippen molar-refractivity contribution < 1.29 is 9.59 Å². The number of rotatable bonds is 3. The van der Waals surface area contributed by atoms with Crippen molar-refractivity contribution in [3.8, 4) is 0 Å². The Labute approximate surface area is 114 Å². The van der Waals surface area contributed by atoms with Gasteiger partial charge in [-0.2, -0.15) is 5.10 Å². The zero-order valence-corrected chi connectivity index (χ0v) is 11.0. The summed E-state index contributed by atoms with van der Waals surface area (Å²) in [6, 6.07) is 7.01. The molecule has 0 radical (unpaired) electrons. The number of thioether (sulfide) groups is 1.